The topological polar surface area (TPSA) is 55.5 Å². The molecular weight excluding hydrogens is 214 g/mol. The van der Waals surface area contributed by atoms with Crippen molar-refractivity contribution >= 4 is 0 Å². The van der Waals surface area contributed by atoms with Gasteiger partial charge in [-0.1, -0.05) is 32.9 Å². The first-order valence-electron chi connectivity index (χ1n) is 6.09. The number of ether oxygens (including phenoxy) is 1. The molecule has 0 aliphatic rings. The van der Waals surface area contributed by atoms with Gasteiger partial charge in [-0.05, 0) is 30.0 Å². The summed E-state index contributed by atoms with van der Waals surface area (Å²) in [6.07, 6.45) is 0.737. The van der Waals surface area contributed by atoms with Crippen LogP contribution in [0.15, 0.2) is 24.3 Å². The van der Waals surface area contributed by atoms with Crippen molar-refractivity contribution in [2.45, 2.75) is 38.8 Å². The molecule has 0 aliphatic carbocycles. The Bertz CT molecular complexity index is 348. The predicted octanol–water partition coefficient (Wildman–Crippen LogP) is 2.28. The van der Waals surface area contributed by atoms with Crippen LogP contribution in [-0.4, -0.2) is 18.3 Å². The molecule has 3 N–H and O–H groups in total. The molecule has 2 atom stereocenters. The minimum atomic E-state index is -0.985. The van der Waals surface area contributed by atoms with Crippen molar-refractivity contribution < 1.29 is 9.84 Å². The fourth-order valence-electron chi connectivity index (χ4n) is 2.14. The molecule has 1 rings (SSSR count). The zero-order chi connectivity index (χ0) is 13.1. The van der Waals surface area contributed by atoms with E-state index in [4.69, 9.17) is 10.5 Å². The smallest absolute Gasteiger partial charge is 0.118 e. The van der Waals surface area contributed by atoms with Gasteiger partial charge >= 0.3 is 0 Å². The van der Waals surface area contributed by atoms with Gasteiger partial charge in [0.1, 0.15) is 11.4 Å². The lowest BCUT2D eigenvalue weighted by molar-refractivity contribution is -0.0356. The van der Waals surface area contributed by atoms with Crippen LogP contribution >= 0.6 is 0 Å². The zero-order valence-corrected chi connectivity index (χ0v) is 11.1. The van der Waals surface area contributed by atoms with Crippen LogP contribution in [0.4, 0.5) is 0 Å². The highest BCUT2D eigenvalue weighted by atomic mass is 16.5. The number of nitrogens with two attached hydrogens (primary N) is 1. The third-order valence-corrected chi connectivity index (χ3v) is 3.44. The molecule has 3 nitrogen and oxygen atoms in total. The maximum atomic E-state index is 10.8. The Morgan fingerprint density at radius 3 is 2.18 bits per heavy atom. The Balaban J connectivity index is 3.13. The van der Waals surface area contributed by atoms with E-state index in [1.165, 1.54) is 0 Å². The molecule has 0 spiro atoms. The van der Waals surface area contributed by atoms with E-state index in [9.17, 15) is 5.11 Å². The summed E-state index contributed by atoms with van der Waals surface area (Å²) in [5, 5.41) is 10.8. The Kier molecular flexibility index (Phi) is 4.54. The van der Waals surface area contributed by atoms with Crippen LogP contribution < -0.4 is 10.5 Å². The molecule has 96 valence electrons. The molecular formula is C14H23NO2. The van der Waals surface area contributed by atoms with Crippen LogP contribution in [0.1, 0.15) is 32.8 Å². The van der Waals surface area contributed by atoms with E-state index < -0.39 is 5.60 Å². The van der Waals surface area contributed by atoms with Gasteiger partial charge in [0.2, 0.25) is 0 Å². The first-order valence-corrected chi connectivity index (χ1v) is 6.09. The van der Waals surface area contributed by atoms with Crippen molar-refractivity contribution in [3.8, 4) is 5.75 Å². The summed E-state index contributed by atoms with van der Waals surface area (Å²) in [6, 6.07) is 7.20. The summed E-state index contributed by atoms with van der Waals surface area (Å²) in [4.78, 5) is 0. The molecule has 0 amide bonds. The largest absolute Gasteiger partial charge is 0.497 e. The molecule has 0 heterocycles. The molecule has 0 saturated heterocycles. The molecule has 2 unspecified atom stereocenters. The molecule has 0 radical (unpaired) electrons. The predicted molar refractivity (Wildman–Crippen MR) is 70.0 cm³/mol. The molecule has 0 fully saturated rings. The highest BCUT2D eigenvalue weighted by molar-refractivity contribution is 5.32. The highest BCUT2D eigenvalue weighted by Crippen LogP contribution is 2.34. The number of rotatable bonds is 5. The van der Waals surface area contributed by atoms with E-state index in [-0.39, 0.29) is 12.0 Å². The molecule has 3 heteroatoms. The lowest BCUT2D eigenvalue weighted by atomic mass is 9.77. The van der Waals surface area contributed by atoms with Gasteiger partial charge in [0.15, 0.2) is 0 Å². The van der Waals surface area contributed by atoms with E-state index >= 15 is 0 Å². The molecule has 0 bridgehead atoms. The lowest BCUT2D eigenvalue weighted by Gasteiger charge is -2.37. The third-order valence-electron chi connectivity index (χ3n) is 3.44. The summed E-state index contributed by atoms with van der Waals surface area (Å²) < 4.78 is 5.12. The molecule has 0 saturated carbocycles. The number of aliphatic hydroxyl groups is 1. The number of benzene rings is 1. The summed E-state index contributed by atoms with van der Waals surface area (Å²) >= 11 is 0. The van der Waals surface area contributed by atoms with Gasteiger partial charge in [-0.25, -0.2) is 0 Å². The average Bonchev–Trinajstić information content (AvgIpc) is 2.36. The fourth-order valence-corrected chi connectivity index (χ4v) is 2.14. The average molecular weight is 237 g/mol. The Morgan fingerprint density at radius 1 is 1.29 bits per heavy atom. The second kappa shape index (κ2) is 5.52. The van der Waals surface area contributed by atoms with Crippen molar-refractivity contribution in [1.29, 1.82) is 0 Å². The Morgan fingerprint density at radius 2 is 1.82 bits per heavy atom. The van der Waals surface area contributed by atoms with Gasteiger partial charge in [-0.15, -0.1) is 0 Å². The number of hydrogen-bond donors (Lipinski definition) is 2. The first kappa shape index (κ1) is 14.0. The summed E-state index contributed by atoms with van der Waals surface area (Å²) in [5.41, 5.74) is 5.94. The summed E-state index contributed by atoms with van der Waals surface area (Å²) in [7, 11) is 1.63. The van der Waals surface area contributed by atoms with E-state index in [2.05, 4.69) is 0 Å². The van der Waals surface area contributed by atoms with Crippen LogP contribution in [0.5, 0.6) is 5.75 Å². The van der Waals surface area contributed by atoms with Crippen LogP contribution in [0.3, 0.4) is 0 Å². The van der Waals surface area contributed by atoms with Crippen molar-refractivity contribution in [2.75, 3.05) is 7.11 Å². The van der Waals surface area contributed by atoms with Crippen molar-refractivity contribution in [1.82, 2.24) is 0 Å². The van der Waals surface area contributed by atoms with Crippen LogP contribution in [0, 0.1) is 5.92 Å². The van der Waals surface area contributed by atoms with Crippen molar-refractivity contribution in [2.24, 2.45) is 11.7 Å². The normalized spacial score (nSPS) is 16.6. The maximum absolute atomic E-state index is 10.8. The molecule has 0 aliphatic heterocycles. The van der Waals surface area contributed by atoms with Gasteiger partial charge in [0.25, 0.3) is 0 Å². The van der Waals surface area contributed by atoms with Gasteiger partial charge in [0.05, 0.1) is 7.11 Å². The number of hydrogen-bond acceptors (Lipinski definition) is 3. The second-order valence-electron chi connectivity index (χ2n) is 4.72. The molecule has 1 aromatic carbocycles. The Labute approximate surface area is 104 Å². The second-order valence-corrected chi connectivity index (χ2v) is 4.72. The molecule has 0 aromatic heterocycles. The standard InChI is InChI=1S/C14H23NO2/c1-5-13(15)14(16,10(2)3)11-6-8-12(17-4)9-7-11/h6-10,13,16H,5,15H2,1-4H3. The minimum Gasteiger partial charge on any atom is -0.497 e. The van der Waals surface area contributed by atoms with Crippen LogP contribution in [0.2, 0.25) is 0 Å². The quantitative estimate of drug-likeness (QED) is 0.826. The van der Waals surface area contributed by atoms with E-state index in [1.807, 2.05) is 45.0 Å². The van der Waals surface area contributed by atoms with Crippen molar-refractivity contribution in [3.63, 3.8) is 0 Å². The molecule has 1 aromatic rings. The summed E-state index contributed by atoms with van der Waals surface area (Å²) in [6.45, 7) is 5.96. The van der Waals surface area contributed by atoms with Gasteiger partial charge in [-0.3, -0.25) is 0 Å². The number of methoxy groups -OCH3 is 1. The zero-order valence-electron chi connectivity index (χ0n) is 11.1. The van der Waals surface area contributed by atoms with Gasteiger partial charge < -0.3 is 15.6 Å². The molecule has 17 heavy (non-hydrogen) atoms. The third kappa shape index (κ3) is 2.61. The van der Waals surface area contributed by atoms with Gasteiger partial charge in [-0.2, -0.15) is 0 Å². The lowest BCUT2D eigenvalue weighted by Crippen LogP contribution is -2.48. The van der Waals surface area contributed by atoms with E-state index in [0.717, 1.165) is 17.7 Å². The summed E-state index contributed by atoms with van der Waals surface area (Å²) in [5.74, 6) is 0.843. The van der Waals surface area contributed by atoms with Crippen molar-refractivity contribution in [3.05, 3.63) is 29.8 Å². The van der Waals surface area contributed by atoms with E-state index in [0.29, 0.717) is 0 Å². The van der Waals surface area contributed by atoms with Gasteiger partial charge in [0, 0.05) is 6.04 Å². The highest BCUT2D eigenvalue weighted by Gasteiger charge is 2.38. The fraction of sp³-hybridized carbons (Fsp3) is 0.571. The van der Waals surface area contributed by atoms with Crippen LogP contribution in [0.25, 0.3) is 0 Å². The SMILES string of the molecule is CCC(N)C(O)(c1ccc(OC)cc1)C(C)C. The Hall–Kier alpha value is -1.06. The van der Waals surface area contributed by atoms with Crippen LogP contribution in [-0.2, 0) is 5.60 Å². The van der Waals surface area contributed by atoms with E-state index in [1.54, 1.807) is 7.11 Å². The maximum Gasteiger partial charge on any atom is 0.118 e. The first-order chi connectivity index (χ1) is 7.96. The minimum absolute atomic E-state index is 0.0610. The monoisotopic (exact) mass is 237 g/mol.